The van der Waals surface area contributed by atoms with Crippen LogP contribution in [0.4, 0.5) is 5.69 Å². The number of carboxylic acids is 1. The minimum atomic E-state index is -1.02. The smallest absolute Gasteiger partial charge is 0.338 e. The van der Waals surface area contributed by atoms with Gasteiger partial charge in [-0.2, -0.15) is 0 Å². The van der Waals surface area contributed by atoms with E-state index in [0.717, 1.165) is 11.1 Å². The second-order valence-electron chi connectivity index (χ2n) is 5.41. The number of rotatable bonds is 3. The van der Waals surface area contributed by atoms with E-state index in [2.05, 4.69) is 0 Å². The van der Waals surface area contributed by atoms with E-state index in [-0.39, 0.29) is 11.3 Å². The molecule has 6 nitrogen and oxygen atoms in total. The van der Waals surface area contributed by atoms with Gasteiger partial charge in [0, 0.05) is 30.1 Å². The van der Waals surface area contributed by atoms with Gasteiger partial charge in [-0.3, -0.25) is 10.1 Å². The van der Waals surface area contributed by atoms with E-state index in [9.17, 15) is 20.0 Å². The van der Waals surface area contributed by atoms with Crippen LogP contribution in [0.5, 0.6) is 0 Å². The molecule has 0 unspecified atom stereocenters. The number of aryl methyl sites for hydroxylation is 2. The monoisotopic (exact) mass is 310 g/mol. The Kier molecular flexibility index (Phi) is 3.37. The molecule has 1 N–H and O–H groups in total. The molecule has 0 radical (unpaired) electrons. The van der Waals surface area contributed by atoms with Gasteiger partial charge in [-0.15, -0.1) is 0 Å². The van der Waals surface area contributed by atoms with Gasteiger partial charge in [-0.05, 0) is 36.8 Å². The number of aromatic carboxylic acids is 1. The molecular formula is C17H14N2O4. The first-order valence-electron chi connectivity index (χ1n) is 6.97. The highest BCUT2D eigenvalue weighted by molar-refractivity contribution is 6.10. The van der Waals surface area contributed by atoms with E-state index in [0.29, 0.717) is 16.6 Å². The normalized spacial score (nSPS) is 10.9. The van der Waals surface area contributed by atoms with Crippen molar-refractivity contribution < 1.29 is 14.8 Å². The highest BCUT2D eigenvalue weighted by Crippen LogP contribution is 2.34. The molecule has 0 atom stereocenters. The van der Waals surface area contributed by atoms with E-state index in [1.807, 2.05) is 25.1 Å². The molecule has 23 heavy (non-hydrogen) atoms. The van der Waals surface area contributed by atoms with Crippen LogP contribution in [0, 0.1) is 17.0 Å². The highest BCUT2D eigenvalue weighted by Gasteiger charge is 2.22. The Bertz CT molecular complexity index is 939. The van der Waals surface area contributed by atoms with Crippen molar-refractivity contribution >= 4 is 22.6 Å². The molecule has 0 amide bonds. The molecule has 2 aromatic carbocycles. The van der Waals surface area contributed by atoms with E-state index < -0.39 is 10.9 Å². The molecule has 0 aliphatic rings. The maximum Gasteiger partial charge on any atom is 0.338 e. The second kappa shape index (κ2) is 5.24. The number of nitrogens with zero attached hydrogens (tertiary/aromatic N) is 2. The molecule has 3 rings (SSSR count). The lowest BCUT2D eigenvalue weighted by molar-refractivity contribution is -0.384. The van der Waals surface area contributed by atoms with Crippen molar-refractivity contribution in [2.75, 3.05) is 0 Å². The summed E-state index contributed by atoms with van der Waals surface area (Å²) in [4.78, 5) is 22.1. The third-order valence-electron chi connectivity index (χ3n) is 3.92. The third-order valence-corrected chi connectivity index (χ3v) is 3.92. The Morgan fingerprint density at radius 2 is 1.83 bits per heavy atom. The molecular weight excluding hydrogens is 296 g/mol. The topological polar surface area (TPSA) is 85.4 Å². The standard InChI is InChI=1S/C17H14N2O4/c1-10-3-8-14-13(9-10)15(17(20)21)16(18(14)2)11-4-6-12(7-5-11)19(22)23/h3-9H,1-2H3,(H,20,21). The summed E-state index contributed by atoms with van der Waals surface area (Å²) in [5.41, 5.74) is 3.12. The average Bonchev–Trinajstić information content (AvgIpc) is 2.79. The third kappa shape index (κ3) is 2.34. The van der Waals surface area contributed by atoms with Crippen molar-refractivity contribution in [1.29, 1.82) is 0 Å². The maximum atomic E-state index is 11.8. The molecule has 0 saturated heterocycles. The summed E-state index contributed by atoms with van der Waals surface area (Å²) in [6.07, 6.45) is 0. The molecule has 0 aliphatic heterocycles. The number of hydrogen-bond donors (Lipinski definition) is 1. The Morgan fingerprint density at radius 3 is 2.39 bits per heavy atom. The lowest BCUT2D eigenvalue weighted by Crippen LogP contribution is -2.00. The number of nitro groups is 1. The number of fused-ring (bicyclic) bond motifs is 1. The predicted octanol–water partition coefficient (Wildman–Crippen LogP) is 3.76. The van der Waals surface area contributed by atoms with Crippen LogP contribution in [0.25, 0.3) is 22.2 Å². The van der Waals surface area contributed by atoms with Crippen LogP contribution < -0.4 is 0 Å². The van der Waals surface area contributed by atoms with Gasteiger partial charge in [0.25, 0.3) is 5.69 Å². The second-order valence-corrected chi connectivity index (χ2v) is 5.41. The summed E-state index contributed by atoms with van der Waals surface area (Å²) in [5, 5.41) is 21.1. The molecule has 0 aliphatic carbocycles. The summed E-state index contributed by atoms with van der Waals surface area (Å²) in [6.45, 7) is 1.91. The van der Waals surface area contributed by atoms with Crippen molar-refractivity contribution in [3.8, 4) is 11.3 Å². The largest absolute Gasteiger partial charge is 0.478 e. The average molecular weight is 310 g/mol. The van der Waals surface area contributed by atoms with Crippen LogP contribution in [0.15, 0.2) is 42.5 Å². The highest BCUT2D eigenvalue weighted by atomic mass is 16.6. The number of carboxylic acid groups (broad SMARTS) is 1. The van der Waals surface area contributed by atoms with E-state index in [1.165, 1.54) is 12.1 Å². The van der Waals surface area contributed by atoms with E-state index in [1.54, 1.807) is 23.7 Å². The summed E-state index contributed by atoms with van der Waals surface area (Å²) >= 11 is 0. The molecule has 116 valence electrons. The minimum Gasteiger partial charge on any atom is -0.478 e. The summed E-state index contributed by atoms with van der Waals surface area (Å²) < 4.78 is 1.80. The summed E-state index contributed by atoms with van der Waals surface area (Å²) in [5.74, 6) is -1.02. The van der Waals surface area contributed by atoms with Crippen LogP contribution in [-0.4, -0.2) is 20.6 Å². The zero-order valence-corrected chi connectivity index (χ0v) is 12.6. The predicted molar refractivity (Wildman–Crippen MR) is 86.7 cm³/mol. The molecule has 1 heterocycles. The zero-order valence-electron chi connectivity index (χ0n) is 12.6. The first-order chi connectivity index (χ1) is 10.9. The van der Waals surface area contributed by atoms with Gasteiger partial charge >= 0.3 is 5.97 Å². The van der Waals surface area contributed by atoms with Crippen LogP contribution in [-0.2, 0) is 7.05 Å². The quantitative estimate of drug-likeness (QED) is 0.589. The van der Waals surface area contributed by atoms with Crippen LogP contribution in [0.1, 0.15) is 15.9 Å². The van der Waals surface area contributed by atoms with Gasteiger partial charge < -0.3 is 9.67 Å². The van der Waals surface area contributed by atoms with Crippen molar-refractivity contribution in [2.24, 2.45) is 7.05 Å². The Labute approximate surface area is 131 Å². The SMILES string of the molecule is Cc1ccc2c(c1)c(C(=O)O)c(-c1ccc([N+](=O)[O-])cc1)n2C. The number of carbonyl (C=O) groups is 1. The lowest BCUT2D eigenvalue weighted by atomic mass is 10.0. The zero-order chi connectivity index (χ0) is 16.7. The number of non-ortho nitro benzene ring substituents is 1. The Balaban J connectivity index is 2.32. The Morgan fingerprint density at radius 1 is 1.17 bits per heavy atom. The number of nitro benzene ring substituents is 1. The van der Waals surface area contributed by atoms with E-state index >= 15 is 0 Å². The van der Waals surface area contributed by atoms with Crippen LogP contribution >= 0.6 is 0 Å². The molecule has 0 bridgehead atoms. The molecule has 6 heteroatoms. The van der Waals surface area contributed by atoms with Gasteiger partial charge in [0.2, 0.25) is 0 Å². The van der Waals surface area contributed by atoms with Gasteiger partial charge in [0.1, 0.15) is 0 Å². The molecule has 3 aromatic rings. The lowest BCUT2D eigenvalue weighted by Gasteiger charge is -2.06. The fraction of sp³-hybridized carbons (Fsp3) is 0.118. The summed E-state index contributed by atoms with van der Waals surface area (Å²) in [7, 11) is 1.79. The van der Waals surface area contributed by atoms with Crippen molar-refractivity contribution in [3.63, 3.8) is 0 Å². The first-order valence-corrected chi connectivity index (χ1v) is 6.97. The molecule has 0 saturated carbocycles. The van der Waals surface area contributed by atoms with E-state index in [4.69, 9.17) is 0 Å². The molecule has 0 fully saturated rings. The first kappa shape index (κ1) is 14.8. The number of benzene rings is 2. The minimum absolute atomic E-state index is 0.0276. The molecule has 1 aromatic heterocycles. The van der Waals surface area contributed by atoms with Gasteiger partial charge in [-0.25, -0.2) is 4.79 Å². The van der Waals surface area contributed by atoms with Gasteiger partial charge in [0.15, 0.2) is 0 Å². The van der Waals surface area contributed by atoms with Gasteiger partial charge in [-0.1, -0.05) is 11.6 Å². The van der Waals surface area contributed by atoms with Crippen LogP contribution in [0.2, 0.25) is 0 Å². The maximum absolute atomic E-state index is 11.8. The van der Waals surface area contributed by atoms with Crippen molar-refractivity contribution in [2.45, 2.75) is 6.92 Å². The fourth-order valence-corrected chi connectivity index (χ4v) is 2.85. The number of hydrogen-bond acceptors (Lipinski definition) is 3. The van der Waals surface area contributed by atoms with Crippen molar-refractivity contribution in [1.82, 2.24) is 4.57 Å². The Hall–Kier alpha value is -3.15. The number of aromatic nitrogens is 1. The van der Waals surface area contributed by atoms with Crippen LogP contribution in [0.3, 0.4) is 0 Å². The summed E-state index contributed by atoms with van der Waals surface area (Å²) in [6, 6.07) is 11.6. The fourth-order valence-electron chi connectivity index (χ4n) is 2.85. The molecule has 0 spiro atoms. The van der Waals surface area contributed by atoms with Crippen molar-refractivity contribution in [3.05, 3.63) is 63.7 Å². The van der Waals surface area contributed by atoms with Gasteiger partial charge in [0.05, 0.1) is 16.2 Å².